The van der Waals surface area contributed by atoms with Crippen LogP contribution < -0.4 is 5.32 Å². The maximum atomic E-state index is 12.2. The highest BCUT2D eigenvalue weighted by Gasteiger charge is 2.19. The first-order chi connectivity index (χ1) is 12.0. The number of hydrogen-bond donors (Lipinski definition) is 1. The molecule has 0 fully saturated rings. The van der Waals surface area contributed by atoms with Crippen LogP contribution in [0, 0.1) is 13.8 Å². The molecule has 0 spiro atoms. The minimum atomic E-state index is -0.581. The molecule has 0 radical (unpaired) electrons. The first-order valence-electron chi connectivity index (χ1n) is 7.31. The van der Waals surface area contributed by atoms with Crippen LogP contribution in [0.5, 0.6) is 0 Å². The summed E-state index contributed by atoms with van der Waals surface area (Å²) in [7, 11) is 0. The van der Waals surface area contributed by atoms with Gasteiger partial charge >= 0.3 is 5.97 Å². The van der Waals surface area contributed by atoms with E-state index in [0.717, 1.165) is 5.69 Å². The van der Waals surface area contributed by atoms with Gasteiger partial charge in [-0.1, -0.05) is 6.07 Å². The maximum Gasteiger partial charge on any atom is 0.350 e. The van der Waals surface area contributed by atoms with Crippen molar-refractivity contribution in [2.45, 2.75) is 13.8 Å². The summed E-state index contributed by atoms with van der Waals surface area (Å²) in [6, 6.07) is 5.47. The van der Waals surface area contributed by atoms with Crippen LogP contribution in [0.1, 0.15) is 21.1 Å². The molecule has 0 saturated carbocycles. The second-order valence-electron chi connectivity index (χ2n) is 5.07. The topological polar surface area (TPSA) is 94.1 Å². The summed E-state index contributed by atoms with van der Waals surface area (Å²) in [6.07, 6.45) is 1.66. The Morgan fingerprint density at radius 1 is 1.24 bits per heavy atom. The molecule has 1 amide bonds. The zero-order valence-corrected chi connectivity index (χ0v) is 15.1. The molecule has 25 heavy (non-hydrogen) atoms. The Bertz CT molecular complexity index is 905. The van der Waals surface area contributed by atoms with Gasteiger partial charge in [0.05, 0.1) is 17.1 Å². The lowest BCUT2D eigenvalue weighted by molar-refractivity contribution is -0.119. The monoisotopic (exact) mass is 374 g/mol. The number of amides is 1. The number of aryl methyl sites for hydroxylation is 2. The van der Waals surface area contributed by atoms with Crippen LogP contribution in [0.25, 0.3) is 10.7 Å². The zero-order chi connectivity index (χ0) is 17.8. The number of rotatable bonds is 5. The summed E-state index contributed by atoms with van der Waals surface area (Å²) in [6.45, 7) is 3.17. The van der Waals surface area contributed by atoms with Crippen molar-refractivity contribution in [3.63, 3.8) is 0 Å². The number of esters is 1. The number of hydrogen-bond acceptors (Lipinski definition) is 8. The third kappa shape index (κ3) is 4.25. The van der Waals surface area contributed by atoms with Gasteiger partial charge in [0, 0.05) is 11.6 Å². The molecule has 0 saturated heterocycles. The van der Waals surface area contributed by atoms with Crippen LogP contribution in [0.15, 0.2) is 29.8 Å². The summed E-state index contributed by atoms with van der Waals surface area (Å²) in [5.74, 6) is -1.02. The van der Waals surface area contributed by atoms with Crippen LogP contribution in [-0.2, 0) is 9.53 Å². The molecule has 0 aliphatic heterocycles. The molecule has 0 atom stereocenters. The summed E-state index contributed by atoms with van der Waals surface area (Å²) in [4.78, 5) is 37.1. The number of anilines is 1. The predicted octanol–water partition coefficient (Wildman–Crippen LogP) is 3.07. The molecule has 128 valence electrons. The molecule has 0 unspecified atom stereocenters. The Labute approximate surface area is 151 Å². The highest BCUT2D eigenvalue weighted by molar-refractivity contribution is 7.17. The van der Waals surface area contributed by atoms with Crippen LogP contribution in [-0.4, -0.2) is 33.4 Å². The Hall–Kier alpha value is -2.65. The lowest BCUT2D eigenvalue weighted by Crippen LogP contribution is -2.20. The minimum Gasteiger partial charge on any atom is -0.451 e. The van der Waals surface area contributed by atoms with Gasteiger partial charge in [-0.15, -0.1) is 22.7 Å². The molecule has 7 nitrogen and oxygen atoms in total. The summed E-state index contributed by atoms with van der Waals surface area (Å²) >= 11 is 2.50. The van der Waals surface area contributed by atoms with Gasteiger partial charge in [0.2, 0.25) is 0 Å². The number of carbonyl (C=O) groups is 2. The van der Waals surface area contributed by atoms with Gasteiger partial charge < -0.3 is 4.74 Å². The van der Waals surface area contributed by atoms with E-state index in [1.165, 1.54) is 22.7 Å². The number of aromatic nitrogens is 3. The van der Waals surface area contributed by atoms with Crippen molar-refractivity contribution in [1.29, 1.82) is 0 Å². The third-order valence-electron chi connectivity index (χ3n) is 3.07. The number of thiazole rings is 2. The highest BCUT2D eigenvalue weighted by atomic mass is 32.1. The van der Waals surface area contributed by atoms with Crippen LogP contribution in [0.4, 0.5) is 5.13 Å². The molecular formula is C16H14N4O3S2. The molecule has 3 aromatic rings. The Morgan fingerprint density at radius 2 is 2.08 bits per heavy atom. The van der Waals surface area contributed by atoms with Gasteiger partial charge in [0.15, 0.2) is 11.7 Å². The second kappa shape index (κ2) is 7.49. The second-order valence-corrected chi connectivity index (χ2v) is 6.92. The maximum absolute atomic E-state index is 12.2. The molecule has 1 N–H and O–H groups in total. The smallest absolute Gasteiger partial charge is 0.350 e. The van der Waals surface area contributed by atoms with Crippen LogP contribution in [0.2, 0.25) is 0 Å². The van der Waals surface area contributed by atoms with E-state index in [1.807, 2.05) is 30.5 Å². The fraction of sp³-hybridized carbons (Fsp3) is 0.188. The molecule has 0 bridgehead atoms. The fourth-order valence-corrected chi connectivity index (χ4v) is 3.59. The van der Waals surface area contributed by atoms with Gasteiger partial charge in [-0.05, 0) is 26.0 Å². The average molecular weight is 374 g/mol. The van der Waals surface area contributed by atoms with Gasteiger partial charge in [-0.2, -0.15) is 0 Å². The van der Waals surface area contributed by atoms with E-state index in [9.17, 15) is 9.59 Å². The lowest BCUT2D eigenvalue weighted by Gasteiger charge is -2.03. The fourth-order valence-electron chi connectivity index (χ4n) is 1.95. The van der Waals surface area contributed by atoms with Gasteiger partial charge in [0.1, 0.15) is 9.88 Å². The van der Waals surface area contributed by atoms with Crippen molar-refractivity contribution in [1.82, 2.24) is 15.0 Å². The molecule has 9 heteroatoms. The van der Waals surface area contributed by atoms with Crippen molar-refractivity contribution < 1.29 is 14.3 Å². The predicted molar refractivity (Wildman–Crippen MR) is 95.8 cm³/mol. The Morgan fingerprint density at radius 3 is 2.76 bits per heavy atom. The summed E-state index contributed by atoms with van der Waals surface area (Å²) in [5.41, 5.74) is 2.05. The Balaban J connectivity index is 1.61. The van der Waals surface area contributed by atoms with Gasteiger partial charge in [-0.3, -0.25) is 15.1 Å². The van der Waals surface area contributed by atoms with E-state index in [0.29, 0.717) is 26.4 Å². The standard InChI is InChI=1S/C16H14N4O3S2/c1-9-8-24-16(18-9)20-12(21)7-23-15(22)13-10(2)19-14(25-13)11-5-3-4-6-17-11/h3-6,8H,7H2,1-2H3,(H,18,20,21). The number of nitrogens with one attached hydrogen (secondary N) is 1. The third-order valence-corrected chi connectivity index (χ3v) is 5.10. The molecule has 3 heterocycles. The largest absolute Gasteiger partial charge is 0.451 e. The summed E-state index contributed by atoms with van der Waals surface area (Å²) < 4.78 is 5.07. The van der Waals surface area contributed by atoms with Crippen molar-refractivity contribution in [2.24, 2.45) is 0 Å². The van der Waals surface area contributed by atoms with Crippen molar-refractivity contribution in [3.05, 3.63) is 46.0 Å². The molecule has 0 aliphatic rings. The molecular weight excluding hydrogens is 360 g/mol. The lowest BCUT2D eigenvalue weighted by atomic mass is 10.3. The van der Waals surface area contributed by atoms with E-state index in [-0.39, 0.29) is 6.61 Å². The van der Waals surface area contributed by atoms with Crippen LogP contribution in [0.3, 0.4) is 0 Å². The van der Waals surface area contributed by atoms with Crippen molar-refractivity contribution in [3.8, 4) is 10.7 Å². The summed E-state index contributed by atoms with van der Waals surface area (Å²) in [5, 5.41) is 5.51. The quantitative estimate of drug-likeness (QED) is 0.690. The Kier molecular flexibility index (Phi) is 5.15. The van der Waals surface area contributed by atoms with E-state index in [4.69, 9.17) is 4.74 Å². The molecule has 3 rings (SSSR count). The molecule has 0 aromatic carbocycles. The SMILES string of the molecule is Cc1csc(NC(=O)COC(=O)c2sc(-c3ccccn3)nc2C)n1. The first-order valence-corrected chi connectivity index (χ1v) is 9.00. The van der Waals surface area contributed by atoms with Crippen molar-refractivity contribution in [2.75, 3.05) is 11.9 Å². The number of pyridine rings is 1. The number of nitrogens with zero attached hydrogens (tertiary/aromatic N) is 3. The minimum absolute atomic E-state index is 0.360. The molecule has 3 aromatic heterocycles. The van der Waals surface area contributed by atoms with E-state index < -0.39 is 11.9 Å². The van der Waals surface area contributed by atoms with E-state index in [2.05, 4.69) is 20.3 Å². The van der Waals surface area contributed by atoms with E-state index in [1.54, 1.807) is 13.1 Å². The van der Waals surface area contributed by atoms with Crippen LogP contribution >= 0.6 is 22.7 Å². The number of ether oxygens (including phenoxy) is 1. The van der Waals surface area contributed by atoms with Crippen molar-refractivity contribution >= 4 is 39.7 Å². The van der Waals surface area contributed by atoms with E-state index >= 15 is 0 Å². The van der Waals surface area contributed by atoms with Gasteiger partial charge in [-0.25, -0.2) is 14.8 Å². The number of carbonyl (C=O) groups excluding carboxylic acids is 2. The highest BCUT2D eigenvalue weighted by Crippen LogP contribution is 2.26. The average Bonchev–Trinajstić information content (AvgIpc) is 3.19. The zero-order valence-electron chi connectivity index (χ0n) is 13.5. The normalized spacial score (nSPS) is 10.5. The molecule has 0 aliphatic carbocycles. The first kappa shape index (κ1) is 17.2. The van der Waals surface area contributed by atoms with Gasteiger partial charge in [0.25, 0.3) is 5.91 Å².